The summed E-state index contributed by atoms with van der Waals surface area (Å²) in [5, 5.41) is 17.5. The van der Waals surface area contributed by atoms with Crippen molar-refractivity contribution in [1.82, 2.24) is 5.32 Å². The number of non-ortho nitro benzene ring substituents is 1. The number of benzene rings is 1. The van der Waals surface area contributed by atoms with Crippen LogP contribution in [0.3, 0.4) is 0 Å². The fourth-order valence-corrected chi connectivity index (χ4v) is 2.58. The molecule has 0 amide bonds. The van der Waals surface area contributed by atoms with Gasteiger partial charge in [-0.05, 0) is 31.1 Å². The normalized spacial score (nSPS) is 15.8. The van der Waals surface area contributed by atoms with Crippen molar-refractivity contribution < 1.29 is 4.92 Å². The van der Waals surface area contributed by atoms with Gasteiger partial charge in [-0.3, -0.25) is 10.1 Å². The average molecular weight is 279 g/mol. The van der Waals surface area contributed by atoms with E-state index < -0.39 is 4.92 Å². The summed E-state index contributed by atoms with van der Waals surface area (Å²) < 4.78 is 0. The summed E-state index contributed by atoms with van der Waals surface area (Å²) in [5.41, 5.74) is 0.702. The van der Waals surface area contributed by atoms with E-state index in [0.717, 1.165) is 12.8 Å². The highest BCUT2D eigenvalue weighted by molar-refractivity contribution is 7.80. The van der Waals surface area contributed by atoms with Gasteiger partial charge in [0.2, 0.25) is 0 Å². The van der Waals surface area contributed by atoms with Gasteiger partial charge in [0.05, 0.1) is 4.92 Å². The maximum atomic E-state index is 10.7. The van der Waals surface area contributed by atoms with Crippen LogP contribution in [0.1, 0.15) is 32.1 Å². The second kappa shape index (κ2) is 6.47. The van der Waals surface area contributed by atoms with Crippen LogP contribution in [-0.4, -0.2) is 16.1 Å². The summed E-state index contributed by atoms with van der Waals surface area (Å²) >= 11 is 5.23. The van der Waals surface area contributed by atoms with E-state index in [1.165, 1.54) is 31.4 Å². The van der Waals surface area contributed by atoms with Gasteiger partial charge in [0.15, 0.2) is 5.11 Å². The SMILES string of the molecule is O=[N+]([O-])c1cccc(NC(=S)NC2CCCCC2)c1. The molecule has 1 aliphatic rings. The molecule has 0 saturated heterocycles. The zero-order chi connectivity index (χ0) is 13.7. The molecule has 2 rings (SSSR count). The van der Waals surface area contributed by atoms with E-state index in [1.54, 1.807) is 12.1 Å². The Hall–Kier alpha value is -1.69. The lowest BCUT2D eigenvalue weighted by Crippen LogP contribution is -2.38. The molecule has 1 aromatic rings. The summed E-state index contributed by atoms with van der Waals surface area (Å²) in [6.07, 6.45) is 6.03. The molecule has 0 aromatic heterocycles. The van der Waals surface area contributed by atoms with E-state index in [2.05, 4.69) is 10.6 Å². The van der Waals surface area contributed by atoms with Gasteiger partial charge in [-0.15, -0.1) is 0 Å². The largest absolute Gasteiger partial charge is 0.360 e. The lowest BCUT2D eigenvalue weighted by atomic mass is 9.96. The maximum Gasteiger partial charge on any atom is 0.271 e. The van der Waals surface area contributed by atoms with Crippen molar-refractivity contribution in [3.05, 3.63) is 34.4 Å². The van der Waals surface area contributed by atoms with Crippen molar-refractivity contribution >= 4 is 28.7 Å². The van der Waals surface area contributed by atoms with Crippen molar-refractivity contribution in [2.24, 2.45) is 0 Å². The van der Waals surface area contributed by atoms with E-state index in [1.807, 2.05) is 0 Å². The molecule has 2 N–H and O–H groups in total. The molecule has 0 bridgehead atoms. The van der Waals surface area contributed by atoms with Crippen molar-refractivity contribution in [1.29, 1.82) is 0 Å². The second-order valence-corrected chi connectivity index (χ2v) is 5.15. The molecule has 0 heterocycles. The fourth-order valence-electron chi connectivity index (χ4n) is 2.30. The summed E-state index contributed by atoms with van der Waals surface area (Å²) in [7, 11) is 0. The minimum Gasteiger partial charge on any atom is -0.360 e. The quantitative estimate of drug-likeness (QED) is 0.505. The minimum atomic E-state index is -0.414. The van der Waals surface area contributed by atoms with Gasteiger partial charge in [0, 0.05) is 23.9 Å². The van der Waals surface area contributed by atoms with Crippen LogP contribution in [0.4, 0.5) is 11.4 Å². The van der Waals surface area contributed by atoms with Crippen molar-refractivity contribution in [3.8, 4) is 0 Å². The molecule has 0 atom stereocenters. The van der Waals surface area contributed by atoms with Crippen LogP contribution in [0, 0.1) is 10.1 Å². The van der Waals surface area contributed by atoms with E-state index in [9.17, 15) is 10.1 Å². The molecular weight excluding hydrogens is 262 g/mol. The van der Waals surface area contributed by atoms with E-state index in [0.29, 0.717) is 16.8 Å². The van der Waals surface area contributed by atoms with Crippen LogP contribution in [0.5, 0.6) is 0 Å². The molecular formula is C13H17N3O2S. The molecule has 1 aromatic carbocycles. The Kier molecular flexibility index (Phi) is 4.68. The molecule has 0 unspecified atom stereocenters. The third kappa shape index (κ3) is 4.17. The van der Waals surface area contributed by atoms with E-state index in [-0.39, 0.29) is 5.69 Å². The minimum absolute atomic E-state index is 0.0606. The van der Waals surface area contributed by atoms with Crippen molar-refractivity contribution in [3.63, 3.8) is 0 Å². The number of nitrogens with one attached hydrogen (secondary N) is 2. The number of nitro benzene ring substituents is 1. The van der Waals surface area contributed by atoms with E-state index in [4.69, 9.17) is 12.2 Å². The standard InChI is InChI=1S/C13H17N3O2S/c17-16(18)12-8-4-7-11(9-12)15-13(19)14-10-5-2-1-3-6-10/h4,7-10H,1-3,5-6H2,(H2,14,15,19). The Morgan fingerprint density at radius 3 is 2.74 bits per heavy atom. The number of nitrogens with zero attached hydrogens (tertiary/aromatic N) is 1. The molecule has 0 radical (unpaired) electrons. The predicted octanol–water partition coefficient (Wildman–Crippen LogP) is 3.21. The van der Waals surface area contributed by atoms with Gasteiger partial charge in [-0.25, -0.2) is 0 Å². The molecule has 6 heteroatoms. The highest BCUT2D eigenvalue weighted by Gasteiger charge is 2.14. The molecule has 1 fully saturated rings. The average Bonchev–Trinajstić information content (AvgIpc) is 2.40. The van der Waals surface area contributed by atoms with Crippen LogP contribution < -0.4 is 10.6 Å². The zero-order valence-electron chi connectivity index (χ0n) is 10.6. The molecule has 1 saturated carbocycles. The predicted molar refractivity (Wildman–Crippen MR) is 79.3 cm³/mol. The Morgan fingerprint density at radius 1 is 1.32 bits per heavy atom. The number of thiocarbonyl (C=S) groups is 1. The maximum absolute atomic E-state index is 10.7. The van der Waals surface area contributed by atoms with Crippen LogP contribution in [0.2, 0.25) is 0 Å². The van der Waals surface area contributed by atoms with Crippen LogP contribution in [0.25, 0.3) is 0 Å². The first kappa shape index (κ1) is 13.7. The third-order valence-electron chi connectivity index (χ3n) is 3.26. The summed E-state index contributed by atoms with van der Waals surface area (Å²) in [4.78, 5) is 10.3. The number of hydrogen-bond donors (Lipinski definition) is 2. The zero-order valence-corrected chi connectivity index (χ0v) is 11.4. The Labute approximate surface area is 117 Å². The van der Waals surface area contributed by atoms with Crippen molar-refractivity contribution in [2.45, 2.75) is 38.1 Å². The first-order chi connectivity index (χ1) is 9.15. The third-order valence-corrected chi connectivity index (χ3v) is 3.48. The molecule has 102 valence electrons. The van der Waals surface area contributed by atoms with Crippen LogP contribution in [-0.2, 0) is 0 Å². The highest BCUT2D eigenvalue weighted by Crippen LogP contribution is 2.19. The Bertz CT molecular complexity index is 473. The molecule has 0 aliphatic heterocycles. The first-order valence-electron chi connectivity index (χ1n) is 6.47. The molecule has 5 nitrogen and oxygen atoms in total. The van der Waals surface area contributed by atoms with E-state index >= 15 is 0 Å². The van der Waals surface area contributed by atoms with Gasteiger partial charge >= 0.3 is 0 Å². The van der Waals surface area contributed by atoms with Gasteiger partial charge in [0.25, 0.3) is 5.69 Å². The monoisotopic (exact) mass is 279 g/mol. The lowest BCUT2D eigenvalue weighted by Gasteiger charge is -2.24. The number of rotatable bonds is 3. The smallest absolute Gasteiger partial charge is 0.271 e. The van der Waals surface area contributed by atoms with Gasteiger partial charge in [-0.2, -0.15) is 0 Å². The molecule has 19 heavy (non-hydrogen) atoms. The summed E-state index contributed by atoms with van der Waals surface area (Å²) in [6.45, 7) is 0. The first-order valence-corrected chi connectivity index (χ1v) is 6.88. The number of hydrogen-bond acceptors (Lipinski definition) is 3. The summed E-state index contributed by atoms with van der Waals surface area (Å²) in [5.74, 6) is 0. The van der Waals surface area contributed by atoms with Crippen LogP contribution in [0.15, 0.2) is 24.3 Å². The molecule has 1 aliphatic carbocycles. The van der Waals surface area contributed by atoms with Gasteiger partial charge in [0.1, 0.15) is 0 Å². The fraction of sp³-hybridized carbons (Fsp3) is 0.462. The number of nitro groups is 1. The Balaban J connectivity index is 1.90. The topological polar surface area (TPSA) is 67.2 Å². The highest BCUT2D eigenvalue weighted by atomic mass is 32.1. The van der Waals surface area contributed by atoms with Gasteiger partial charge < -0.3 is 10.6 Å². The lowest BCUT2D eigenvalue weighted by molar-refractivity contribution is -0.384. The second-order valence-electron chi connectivity index (χ2n) is 4.74. The van der Waals surface area contributed by atoms with Crippen LogP contribution >= 0.6 is 12.2 Å². The number of anilines is 1. The molecule has 0 spiro atoms. The van der Waals surface area contributed by atoms with Crippen molar-refractivity contribution in [2.75, 3.05) is 5.32 Å². The Morgan fingerprint density at radius 2 is 2.05 bits per heavy atom. The van der Waals surface area contributed by atoms with Gasteiger partial charge in [-0.1, -0.05) is 25.3 Å². The summed E-state index contributed by atoms with van der Waals surface area (Å²) in [6, 6.07) is 6.77.